The highest BCUT2D eigenvalue weighted by Crippen LogP contribution is 2.48. The molecule has 2 aliphatic rings. The third-order valence-corrected chi connectivity index (χ3v) is 5.42. The van der Waals surface area contributed by atoms with E-state index >= 15 is 0 Å². The molecule has 2 aliphatic carbocycles. The summed E-state index contributed by atoms with van der Waals surface area (Å²) in [6.07, 6.45) is 10.00. The Morgan fingerprint density at radius 3 is 2.61 bits per heavy atom. The van der Waals surface area contributed by atoms with E-state index in [0.29, 0.717) is 11.7 Å². The standard InChI is InChI=1S/C17H30O/c1-12(2)6-4-7-13(3)14-10-11-16-15(14)8-5-9-17(16)18/h12-16H,4-11H2,1-3H3/t13-,14?,15-,16-/m1/s1. The zero-order chi connectivity index (χ0) is 13.1. The van der Waals surface area contributed by atoms with Crippen LogP contribution in [0.4, 0.5) is 0 Å². The minimum atomic E-state index is 0.455. The first-order valence-corrected chi connectivity index (χ1v) is 8.12. The van der Waals surface area contributed by atoms with Crippen LogP contribution in [0.5, 0.6) is 0 Å². The Hall–Kier alpha value is -0.330. The molecule has 0 aliphatic heterocycles. The molecule has 0 heterocycles. The zero-order valence-electron chi connectivity index (χ0n) is 12.5. The molecule has 0 bridgehead atoms. The van der Waals surface area contributed by atoms with Crippen LogP contribution in [0.15, 0.2) is 0 Å². The predicted molar refractivity (Wildman–Crippen MR) is 76.4 cm³/mol. The molecule has 0 aromatic carbocycles. The molecule has 4 atom stereocenters. The molecule has 18 heavy (non-hydrogen) atoms. The van der Waals surface area contributed by atoms with E-state index < -0.39 is 0 Å². The molecule has 0 aromatic rings. The third kappa shape index (κ3) is 3.16. The Labute approximate surface area is 113 Å². The van der Waals surface area contributed by atoms with Crippen molar-refractivity contribution in [2.24, 2.45) is 29.6 Å². The van der Waals surface area contributed by atoms with Crippen molar-refractivity contribution in [3.8, 4) is 0 Å². The van der Waals surface area contributed by atoms with Gasteiger partial charge in [-0.3, -0.25) is 4.79 Å². The lowest BCUT2D eigenvalue weighted by molar-refractivity contribution is -0.126. The van der Waals surface area contributed by atoms with Gasteiger partial charge >= 0.3 is 0 Å². The van der Waals surface area contributed by atoms with Gasteiger partial charge in [0.15, 0.2) is 0 Å². The van der Waals surface area contributed by atoms with Crippen molar-refractivity contribution in [2.75, 3.05) is 0 Å². The number of hydrogen-bond donors (Lipinski definition) is 0. The number of carbonyl (C=O) groups is 1. The van der Waals surface area contributed by atoms with Crippen molar-refractivity contribution in [1.29, 1.82) is 0 Å². The maximum atomic E-state index is 11.9. The largest absolute Gasteiger partial charge is 0.299 e. The lowest BCUT2D eigenvalue weighted by Gasteiger charge is -2.31. The van der Waals surface area contributed by atoms with Gasteiger partial charge in [-0.05, 0) is 49.4 Å². The SMILES string of the molecule is CC(C)CCC[C@@H](C)C1CC[C@H]2C(=O)CCC[C@H]12. The van der Waals surface area contributed by atoms with Crippen LogP contribution in [0, 0.1) is 29.6 Å². The van der Waals surface area contributed by atoms with Crippen LogP contribution in [-0.4, -0.2) is 5.78 Å². The maximum absolute atomic E-state index is 11.9. The quantitative estimate of drug-likeness (QED) is 0.682. The zero-order valence-corrected chi connectivity index (χ0v) is 12.5. The van der Waals surface area contributed by atoms with E-state index in [9.17, 15) is 4.79 Å². The first-order chi connectivity index (χ1) is 8.59. The average molecular weight is 250 g/mol. The van der Waals surface area contributed by atoms with Crippen molar-refractivity contribution in [3.63, 3.8) is 0 Å². The molecule has 2 fully saturated rings. The second-order valence-electron chi connectivity index (χ2n) is 7.17. The normalized spacial score (nSPS) is 33.8. The minimum Gasteiger partial charge on any atom is -0.299 e. The van der Waals surface area contributed by atoms with E-state index in [-0.39, 0.29) is 0 Å². The Kier molecular flexibility index (Phi) is 4.86. The van der Waals surface area contributed by atoms with Gasteiger partial charge in [0.25, 0.3) is 0 Å². The van der Waals surface area contributed by atoms with Crippen LogP contribution in [0.2, 0.25) is 0 Å². The van der Waals surface area contributed by atoms with Gasteiger partial charge in [0.1, 0.15) is 5.78 Å². The number of hydrogen-bond acceptors (Lipinski definition) is 1. The van der Waals surface area contributed by atoms with Crippen molar-refractivity contribution in [2.45, 2.75) is 72.1 Å². The molecule has 1 nitrogen and oxygen atoms in total. The monoisotopic (exact) mass is 250 g/mol. The van der Waals surface area contributed by atoms with E-state index in [0.717, 1.165) is 36.5 Å². The lowest BCUT2D eigenvalue weighted by Crippen LogP contribution is -2.29. The van der Waals surface area contributed by atoms with Gasteiger partial charge in [0.05, 0.1) is 0 Å². The average Bonchev–Trinajstić information content (AvgIpc) is 2.73. The van der Waals surface area contributed by atoms with Gasteiger partial charge in [0, 0.05) is 12.3 Å². The molecular formula is C17H30O. The van der Waals surface area contributed by atoms with Crippen LogP contribution in [0.1, 0.15) is 72.1 Å². The summed E-state index contributed by atoms with van der Waals surface area (Å²) in [6, 6.07) is 0. The van der Waals surface area contributed by atoms with Crippen LogP contribution in [0.3, 0.4) is 0 Å². The molecule has 0 aromatic heterocycles. The fourth-order valence-corrected chi connectivity index (χ4v) is 4.38. The molecule has 1 unspecified atom stereocenters. The summed E-state index contributed by atoms with van der Waals surface area (Å²) in [5.74, 6) is 4.32. The molecule has 0 N–H and O–H groups in total. The highest BCUT2D eigenvalue weighted by molar-refractivity contribution is 5.82. The summed E-state index contributed by atoms with van der Waals surface area (Å²) < 4.78 is 0. The summed E-state index contributed by atoms with van der Waals surface area (Å²) >= 11 is 0. The maximum Gasteiger partial charge on any atom is 0.136 e. The highest BCUT2D eigenvalue weighted by atomic mass is 16.1. The van der Waals surface area contributed by atoms with Crippen molar-refractivity contribution >= 4 is 5.78 Å². The smallest absolute Gasteiger partial charge is 0.136 e. The first kappa shape index (κ1) is 14.1. The van der Waals surface area contributed by atoms with E-state index in [1.165, 1.54) is 38.5 Å². The van der Waals surface area contributed by atoms with Crippen molar-refractivity contribution in [3.05, 3.63) is 0 Å². The van der Waals surface area contributed by atoms with Gasteiger partial charge in [-0.1, -0.05) is 40.0 Å². The molecule has 0 saturated heterocycles. The van der Waals surface area contributed by atoms with Crippen molar-refractivity contribution in [1.82, 2.24) is 0 Å². The Balaban J connectivity index is 1.83. The Morgan fingerprint density at radius 2 is 1.89 bits per heavy atom. The molecule has 1 heteroatoms. The first-order valence-electron chi connectivity index (χ1n) is 8.12. The predicted octanol–water partition coefficient (Wildman–Crippen LogP) is 4.84. The van der Waals surface area contributed by atoms with Gasteiger partial charge in [0.2, 0.25) is 0 Å². The molecular weight excluding hydrogens is 220 g/mol. The Morgan fingerprint density at radius 1 is 1.11 bits per heavy atom. The summed E-state index contributed by atoms with van der Waals surface area (Å²) in [6.45, 7) is 7.07. The fourth-order valence-electron chi connectivity index (χ4n) is 4.38. The molecule has 0 spiro atoms. The van der Waals surface area contributed by atoms with Gasteiger partial charge < -0.3 is 0 Å². The number of Topliss-reactive ketones (excluding diaryl/α,β-unsaturated/α-hetero) is 1. The fraction of sp³-hybridized carbons (Fsp3) is 0.941. The van der Waals surface area contributed by atoms with Crippen LogP contribution in [-0.2, 0) is 4.79 Å². The summed E-state index contributed by atoms with van der Waals surface area (Å²) in [5.41, 5.74) is 0. The van der Waals surface area contributed by atoms with Gasteiger partial charge in [-0.25, -0.2) is 0 Å². The summed E-state index contributed by atoms with van der Waals surface area (Å²) in [7, 11) is 0. The topological polar surface area (TPSA) is 17.1 Å². The number of ketones is 1. The number of rotatable bonds is 5. The van der Waals surface area contributed by atoms with Gasteiger partial charge in [-0.15, -0.1) is 0 Å². The summed E-state index contributed by atoms with van der Waals surface area (Å²) in [4.78, 5) is 11.9. The second-order valence-corrected chi connectivity index (χ2v) is 7.17. The number of fused-ring (bicyclic) bond motifs is 1. The third-order valence-electron chi connectivity index (χ3n) is 5.42. The molecule has 0 amide bonds. The molecule has 104 valence electrons. The van der Waals surface area contributed by atoms with E-state index in [2.05, 4.69) is 20.8 Å². The van der Waals surface area contributed by atoms with Crippen molar-refractivity contribution < 1.29 is 4.79 Å². The minimum absolute atomic E-state index is 0.455. The van der Waals surface area contributed by atoms with E-state index in [4.69, 9.17) is 0 Å². The molecule has 2 saturated carbocycles. The summed E-state index contributed by atoms with van der Waals surface area (Å²) in [5, 5.41) is 0. The molecule has 0 radical (unpaired) electrons. The van der Waals surface area contributed by atoms with Crippen LogP contribution < -0.4 is 0 Å². The molecule has 2 rings (SSSR count). The number of carbonyl (C=O) groups excluding carboxylic acids is 1. The van der Waals surface area contributed by atoms with E-state index in [1.54, 1.807) is 0 Å². The van der Waals surface area contributed by atoms with Gasteiger partial charge in [-0.2, -0.15) is 0 Å². The second kappa shape index (κ2) is 6.21. The van der Waals surface area contributed by atoms with Crippen LogP contribution >= 0.6 is 0 Å². The van der Waals surface area contributed by atoms with E-state index in [1.807, 2.05) is 0 Å². The highest BCUT2D eigenvalue weighted by Gasteiger charge is 2.43. The lowest BCUT2D eigenvalue weighted by atomic mass is 9.73. The van der Waals surface area contributed by atoms with Crippen LogP contribution in [0.25, 0.3) is 0 Å². The Bertz CT molecular complexity index is 281.